The van der Waals surface area contributed by atoms with Gasteiger partial charge >= 0.3 is 6.18 Å². The molecular weight excluding hydrogens is 461 g/mol. The lowest BCUT2D eigenvalue weighted by Crippen LogP contribution is -2.16. The van der Waals surface area contributed by atoms with Crippen LogP contribution in [-0.4, -0.2) is 34.9 Å². The number of ether oxygens (including phenoxy) is 1. The zero-order valence-electron chi connectivity index (χ0n) is 16.9. The van der Waals surface area contributed by atoms with Crippen LogP contribution in [0.3, 0.4) is 0 Å². The van der Waals surface area contributed by atoms with E-state index in [2.05, 4.69) is 15.3 Å². The smallest absolute Gasteiger partial charge is 0.417 e. The second-order valence-electron chi connectivity index (χ2n) is 6.99. The SMILES string of the molecule is CS(=O)(=O)c1cccc(NC(=O)c2cc(C(F)(F)F)cnc2Oc2ccn3ccnc3c2)c1. The summed E-state index contributed by atoms with van der Waals surface area (Å²) >= 11 is 0. The highest BCUT2D eigenvalue weighted by atomic mass is 32.2. The van der Waals surface area contributed by atoms with E-state index in [4.69, 9.17) is 4.74 Å². The van der Waals surface area contributed by atoms with E-state index in [1.54, 1.807) is 23.0 Å². The van der Waals surface area contributed by atoms with Crippen molar-refractivity contribution in [1.82, 2.24) is 14.4 Å². The normalized spacial score (nSPS) is 12.0. The molecule has 4 rings (SSSR count). The molecule has 1 aromatic carbocycles. The van der Waals surface area contributed by atoms with Crippen LogP contribution in [0.15, 0.2) is 72.1 Å². The second kappa shape index (κ2) is 8.20. The van der Waals surface area contributed by atoms with E-state index in [9.17, 15) is 26.4 Å². The molecule has 33 heavy (non-hydrogen) atoms. The Balaban J connectivity index is 1.70. The summed E-state index contributed by atoms with van der Waals surface area (Å²) < 4.78 is 70.5. The van der Waals surface area contributed by atoms with Gasteiger partial charge in [0.2, 0.25) is 5.88 Å². The molecule has 0 bridgehead atoms. The van der Waals surface area contributed by atoms with Crippen molar-refractivity contribution in [3.05, 3.63) is 78.4 Å². The van der Waals surface area contributed by atoms with Crippen LogP contribution >= 0.6 is 0 Å². The topological polar surface area (TPSA) is 103 Å². The Hall–Kier alpha value is -3.93. The number of benzene rings is 1. The summed E-state index contributed by atoms with van der Waals surface area (Å²) in [5, 5.41) is 2.39. The number of fused-ring (bicyclic) bond motifs is 1. The van der Waals surface area contributed by atoms with Gasteiger partial charge in [-0.3, -0.25) is 4.79 Å². The molecule has 3 heterocycles. The number of carbonyl (C=O) groups excluding carboxylic acids is 1. The molecule has 1 amide bonds. The van der Waals surface area contributed by atoms with Crippen LogP contribution in [-0.2, 0) is 16.0 Å². The van der Waals surface area contributed by atoms with Gasteiger partial charge in [0.15, 0.2) is 9.84 Å². The number of alkyl halides is 3. The number of imidazole rings is 1. The number of carbonyl (C=O) groups is 1. The van der Waals surface area contributed by atoms with Crippen LogP contribution in [0.4, 0.5) is 18.9 Å². The molecule has 0 saturated carbocycles. The molecule has 8 nitrogen and oxygen atoms in total. The highest BCUT2D eigenvalue weighted by Crippen LogP contribution is 2.33. The van der Waals surface area contributed by atoms with Crippen LogP contribution in [0.5, 0.6) is 11.6 Å². The summed E-state index contributed by atoms with van der Waals surface area (Å²) in [6, 6.07) is 9.00. The zero-order chi connectivity index (χ0) is 23.8. The fourth-order valence-electron chi connectivity index (χ4n) is 2.92. The molecule has 0 radical (unpaired) electrons. The number of pyridine rings is 2. The first kappa shape index (κ1) is 22.3. The van der Waals surface area contributed by atoms with Gasteiger partial charge in [0, 0.05) is 42.8 Å². The number of amides is 1. The molecule has 0 unspecified atom stereocenters. The van der Waals surface area contributed by atoms with E-state index in [0.29, 0.717) is 17.9 Å². The Morgan fingerprint density at radius 1 is 1.09 bits per heavy atom. The fourth-order valence-corrected chi connectivity index (χ4v) is 3.59. The van der Waals surface area contributed by atoms with Crippen LogP contribution < -0.4 is 10.1 Å². The van der Waals surface area contributed by atoms with Gasteiger partial charge in [-0.05, 0) is 30.3 Å². The minimum absolute atomic E-state index is 0.0630. The lowest BCUT2D eigenvalue weighted by atomic mass is 10.1. The van der Waals surface area contributed by atoms with Gasteiger partial charge in [-0.1, -0.05) is 6.07 Å². The Kier molecular flexibility index (Phi) is 5.54. The number of rotatable bonds is 5. The fraction of sp³-hybridized carbons (Fsp3) is 0.0952. The third-order valence-electron chi connectivity index (χ3n) is 4.53. The van der Waals surface area contributed by atoms with Crippen LogP contribution in [0.1, 0.15) is 15.9 Å². The van der Waals surface area contributed by atoms with E-state index in [1.807, 2.05) is 0 Å². The van der Waals surface area contributed by atoms with E-state index < -0.39 is 33.0 Å². The number of halogens is 3. The number of nitrogens with zero attached hydrogens (tertiary/aromatic N) is 3. The van der Waals surface area contributed by atoms with E-state index in [0.717, 1.165) is 6.26 Å². The Bertz CT molecular complexity index is 1470. The summed E-state index contributed by atoms with van der Waals surface area (Å²) in [5.41, 5.74) is -1.04. The highest BCUT2D eigenvalue weighted by molar-refractivity contribution is 7.90. The van der Waals surface area contributed by atoms with Crippen molar-refractivity contribution >= 4 is 27.1 Å². The Morgan fingerprint density at radius 2 is 1.88 bits per heavy atom. The van der Waals surface area contributed by atoms with Gasteiger partial charge in [0.05, 0.1) is 10.5 Å². The number of aromatic nitrogens is 3. The average Bonchev–Trinajstić information content (AvgIpc) is 3.20. The van der Waals surface area contributed by atoms with Crippen molar-refractivity contribution in [3.63, 3.8) is 0 Å². The summed E-state index contributed by atoms with van der Waals surface area (Å²) in [7, 11) is -3.56. The van der Waals surface area contributed by atoms with Crippen molar-refractivity contribution in [1.29, 1.82) is 0 Å². The van der Waals surface area contributed by atoms with Gasteiger partial charge in [-0.2, -0.15) is 13.2 Å². The monoisotopic (exact) mass is 476 g/mol. The van der Waals surface area contributed by atoms with Crippen LogP contribution in [0.25, 0.3) is 5.65 Å². The average molecular weight is 476 g/mol. The molecular formula is C21H15F3N4O4S. The van der Waals surface area contributed by atoms with E-state index in [-0.39, 0.29) is 22.2 Å². The molecule has 0 aliphatic rings. The molecule has 0 aliphatic heterocycles. The number of hydrogen-bond donors (Lipinski definition) is 1. The standard InChI is InChI=1S/C21H15F3N4O4S/c1-33(30,31)16-4-2-3-14(10-16)27-19(29)17-9-13(21(22,23)24)12-26-20(17)32-15-5-7-28-8-6-25-18(28)11-15/h2-12H,1H3,(H,27,29). The predicted molar refractivity (Wildman–Crippen MR) is 112 cm³/mol. The van der Waals surface area contributed by atoms with Crippen molar-refractivity contribution in [2.75, 3.05) is 11.6 Å². The first-order valence-electron chi connectivity index (χ1n) is 9.30. The summed E-state index contributed by atoms with van der Waals surface area (Å²) in [6.45, 7) is 0. The molecule has 0 spiro atoms. The Morgan fingerprint density at radius 3 is 2.61 bits per heavy atom. The molecule has 4 aromatic rings. The van der Waals surface area contributed by atoms with Crippen LogP contribution in [0.2, 0.25) is 0 Å². The van der Waals surface area contributed by atoms with Gasteiger partial charge in [0.25, 0.3) is 5.91 Å². The molecule has 170 valence electrons. The molecule has 0 atom stereocenters. The lowest BCUT2D eigenvalue weighted by Gasteiger charge is -2.14. The maximum Gasteiger partial charge on any atom is 0.417 e. The molecule has 12 heteroatoms. The number of nitrogens with one attached hydrogen (secondary N) is 1. The Labute approximate surface area is 185 Å². The van der Waals surface area contributed by atoms with Gasteiger partial charge < -0.3 is 14.5 Å². The first-order chi connectivity index (χ1) is 15.5. The lowest BCUT2D eigenvalue weighted by molar-refractivity contribution is -0.137. The maximum atomic E-state index is 13.2. The first-order valence-corrected chi connectivity index (χ1v) is 11.2. The third-order valence-corrected chi connectivity index (χ3v) is 5.64. The third kappa shape index (κ3) is 4.95. The minimum Gasteiger partial charge on any atom is -0.438 e. The number of sulfone groups is 1. The van der Waals surface area contributed by atoms with Crippen molar-refractivity contribution in [2.45, 2.75) is 11.1 Å². The van der Waals surface area contributed by atoms with Crippen molar-refractivity contribution in [3.8, 4) is 11.6 Å². The van der Waals surface area contributed by atoms with Crippen molar-refractivity contribution < 1.29 is 31.1 Å². The van der Waals surface area contributed by atoms with Gasteiger partial charge in [-0.15, -0.1) is 0 Å². The van der Waals surface area contributed by atoms with Gasteiger partial charge in [-0.25, -0.2) is 18.4 Å². The van der Waals surface area contributed by atoms with Crippen molar-refractivity contribution in [2.24, 2.45) is 0 Å². The van der Waals surface area contributed by atoms with Gasteiger partial charge in [0.1, 0.15) is 17.0 Å². The quantitative estimate of drug-likeness (QED) is 0.463. The summed E-state index contributed by atoms with van der Waals surface area (Å²) in [5.74, 6) is -1.12. The van der Waals surface area contributed by atoms with Crippen LogP contribution in [0, 0.1) is 0 Å². The summed E-state index contributed by atoms with van der Waals surface area (Å²) in [6.07, 6.45) is 1.68. The number of hydrogen-bond acceptors (Lipinski definition) is 6. The predicted octanol–water partition coefficient (Wildman–Crippen LogP) is 4.20. The largest absolute Gasteiger partial charge is 0.438 e. The molecule has 0 fully saturated rings. The second-order valence-corrected chi connectivity index (χ2v) is 9.00. The molecule has 3 aromatic heterocycles. The van der Waals surface area contributed by atoms with E-state index >= 15 is 0 Å². The van der Waals surface area contributed by atoms with E-state index in [1.165, 1.54) is 36.4 Å². The minimum atomic E-state index is -4.74. The number of anilines is 1. The molecule has 0 saturated heterocycles. The summed E-state index contributed by atoms with van der Waals surface area (Å²) in [4.78, 5) is 20.6. The zero-order valence-corrected chi connectivity index (χ0v) is 17.7. The maximum absolute atomic E-state index is 13.2. The highest BCUT2D eigenvalue weighted by Gasteiger charge is 2.33. The molecule has 1 N–H and O–H groups in total. The molecule has 0 aliphatic carbocycles.